The SMILES string of the molecule is c1ccc(-c2ccc(-c3nc(-c4ccccc4)nc(-c4cc(-c5cccc6ccccc56)ccc4-c4cccc5ccccc45)n3)cc2)cc1. The van der Waals surface area contributed by atoms with Crippen LogP contribution in [0.1, 0.15) is 0 Å². The van der Waals surface area contributed by atoms with Crippen molar-refractivity contribution in [1.29, 1.82) is 0 Å². The molecular formula is C47H31N3. The molecule has 0 aliphatic heterocycles. The van der Waals surface area contributed by atoms with Crippen molar-refractivity contribution in [3.63, 3.8) is 0 Å². The van der Waals surface area contributed by atoms with Gasteiger partial charge in [0.25, 0.3) is 0 Å². The molecule has 9 rings (SSSR count). The summed E-state index contributed by atoms with van der Waals surface area (Å²) in [4.78, 5) is 15.5. The summed E-state index contributed by atoms with van der Waals surface area (Å²) in [5.41, 5.74) is 9.63. The number of fused-ring (bicyclic) bond motifs is 2. The topological polar surface area (TPSA) is 38.7 Å². The van der Waals surface area contributed by atoms with E-state index in [2.05, 4.69) is 164 Å². The largest absolute Gasteiger partial charge is 0.208 e. The fraction of sp³-hybridized carbons (Fsp3) is 0. The zero-order chi connectivity index (χ0) is 33.3. The van der Waals surface area contributed by atoms with Gasteiger partial charge in [0.2, 0.25) is 0 Å². The molecule has 0 saturated carbocycles. The van der Waals surface area contributed by atoms with E-state index in [1.165, 1.54) is 32.7 Å². The van der Waals surface area contributed by atoms with E-state index in [4.69, 9.17) is 15.0 Å². The van der Waals surface area contributed by atoms with Gasteiger partial charge in [0.05, 0.1) is 0 Å². The summed E-state index contributed by atoms with van der Waals surface area (Å²) in [5.74, 6) is 1.90. The molecule has 0 amide bonds. The van der Waals surface area contributed by atoms with Gasteiger partial charge in [0.1, 0.15) is 0 Å². The van der Waals surface area contributed by atoms with E-state index >= 15 is 0 Å². The number of rotatable bonds is 6. The molecule has 3 heteroatoms. The predicted octanol–water partition coefficient (Wildman–Crippen LogP) is 12.2. The minimum atomic E-state index is 0.631. The summed E-state index contributed by atoms with van der Waals surface area (Å²) in [6.07, 6.45) is 0. The Morgan fingerprint density at radius 3 is 1.34 bits per heavy atom. The van der Waals surface area contributed by atoms with E-state index < -0.39 is 0 Å². The fourth-order valence-corrected chi connectivity index (χ4v) is 6.85. The second kappa shape index (κ2) is 12.7. The van der Waals surface area contributed by atoms with Crippen LogP contribution in [0.5, 0.6) is 0 Å². The molecule has 0 radical (unpaired) electrons. The van der Waals surface area contributed by atoms with Crippen LogP contribution < -0.4 is 0 Å². The summed E-state index contributed by atoms with van der Waals surface area (Å²) in [5, 5.41) is 4.79. The summed E-state index contributed by atoms with van der Waals surface area (Å²) in [6.45, 7) is 0. The Morgan fingerprint density at radius 1 is 0.240 bits per heavy atom. The van der Waals surface area contributed by atoms with E-state index in [9.17, 15) is 0 Å². The van der Waals surface area contributed by atoms with Crippen LogP contribution >= 0.6 is 0 Å². The maximum Gasteiger partial charge on any atom is 0.164 e. The van der Waals surface area contributed by atoms with Crippen LogP contribution in [0, 0.1) is 0 Å². The van der Waals surface area contributed by atoms with Gasteiger partial charge in [-0.05, 0) is 61.0 Å². The lowest BCUT2D eigenvalue weighted by Crippen LogP contribution is -2.01. The minimum absolute atomic E-state index is 0.631. The molecule has 3 nitrogen and oxygen atoms in total. The molecular weight excluding hydrogens is 607 g/mol. The maximum absolute atomic E-state index is 5.24. The zero-order valence-corrected chi connectivity index (χ0v) is 27.2. The number of nitrogens with zero attached hydrogens (tertiary/aromatic N) is 3. The standard InChI is InChI=1S/C47H31N3/c1-3-13-32(14-4-1)33-25-27-37(28-26-33)46-48-45(36-17-5-2-6-18-36)49-47(50-46)44-31-38(41-23-11-19-34-15-7-9-21-39(34)41)29-30-43(44)42-24-12-20-35-16-8-10-22-40(35)42/h1-31H. The van der Waals surface area contributed by atoms with Crippen LogP contribution in [0.15, 0.2) is 188 Å². The lowest BCUT2D eigenvalue weighted by molar-refractivity contribution is 1.07. The highest BCUT2D eigenvalue weighted by atomic mass is 15.0. The van der Waals surface area contributed by atoms with Gasteiger partial charge in [-0.15, -0.1) is 0 Å². The van der Waals surface area contributed by atoms with Gasteiger partial charge in [0, 0.05) is 16.7 Å². The van der Waals surface area contributed by atoms with Crippen molar-refractivity contribution < 1.29 is 0 Å². The molecule has 0 fully saturated rings. The van der Waals surface area contributed by atoms with Crippen molar-refractivity contribution in [3.8, 4) is 67.5 Å². The van der Waals surface area contributed by atoms with E-state index in [1.54, 1.807) is 0 Å². The van der Waals surface area contributed by atoms with Gasteiger partial charge in [-0.25, -0.2) is 15.0 Å². The van der Waals surface area contributed by atoms with Gasteiger partial charge >= 0.3 is 0 Å². The average Bonchev–Trinajstić information content (AvgIpc) is 3.21. The van der Waals surface area contributed by atoms with Crippen molar-refractivity contribution in [1.82, 2.24) is 15.0 Å². The molecule has 0 aliphatic carbocycles. The highest BCUT2D eigenvalue weighted by Crippen LogP contribution is 2.40. The molecule has 0 aliphatic rings. The summed E-state index contributed by atoms with van der Waals surface area (Å²) >= 11 is 0. The van der Waals surface area contributed by atoms with Crippen molar-refractivity contribution in [3.05, 3.63) is 188 Å². The lowest BCUT2D eigenvalue weighted by Gasteiger charge is -2.16. The molecule has 9 aromatic rings. The Kier molecular flexibility index (Phi) is 7.49. The van der Waals surface area contributed by atoms with E-state index in [0.29, 0.717) is 17.5 Å². The third-order valence-electron chi connectivity index (χ3n) is 9.36. The Labute approximate surface area is 291 Å². The molecule has 1 aromatic heterocycles. The van der Waals surface area contributed by atoms with Crippen LogP contribution in [0.4, 0.5) is 0 Å². The second-order valence-electron chi connectivity index (χ2n) is 12.4. The average molecular weight is 638 g/mol. The Bertz CT molecular complexity index is 2620. The van der Waals surface area contributed by atoms with E-state index in [-0.39, 0.29) is 0 Å². The Hall–Kier alpha value is -6.71. The summed E-state index contributed by atoms with van der Waals surface area (Å²) in [6, 6.07) is 65.9. The fourth-order valence-electron chi connectivity index (χ4n) is 6.85. The molecule has 8 aromatic carbocycles. The first-order chi connectivity index (χ1) is 24.8. The number of hydrogen-bond acceptors (Lipinski definition) is 3. The monoisotopic (exact) mass is 637 g/mol. The normalized spacial score (nSPS) is 11.2. The molecule has 0 bridgehead atoms. The van der Waals surface area contributed by atoms with Gasteiger partial charge in [-0.3, -0.25) is 0 Å². The number of hydrogen-bond donors (Lipinski definition) is 0. The van der Waals surface area contributed by atoms with Crippen LogP contribution in [0.25, 0.3) is 89.1 Å². The van der Waals surface area contributed by atoms with E-state index in [0.717, 1.165) is 38.9 Å². The Morgan fingerprint density at radius 2 is 0.680 bits per heavy atom. The van der Waals surface area contributed by atoms with Gasteiger partial charge in [0.15, 0.2) is 17.5 Å². The first kappa shape index (κ1) is 29.4. The highest BCUT2D eigenvalue weighted by Gasteiger charge is 2.19. The predicted molar refractivity (Wildman–Crippen MR) is 207 cm³/mol. The van der Waals surface area contributed by atoms with Gasteiger partial charge in [-0.2, -0.15) is 0 Å². The minimum Gasteiger partial charge on any atom is -0.208 e. The summed E-state index contributed by atoms with van der Waals surface area (Å²) in [7, 11) is 0. The molecule has 0 atom stereocenters. The number of benzene rings is 8. The Balaban J connectivity index is 1.29. The zero-order valence-electron chi connectivity index (χ0n) is 27.2. The number of aromatic nitrogens is 3. The molecule has 234 valence electrons. The smallest absolute Gasteiger partial charge is 0.164 e. The third kappa shape index (κ3) is 5.51. The van der Waals surface area contributed by atoms with Gasteiger partial charge in [-0.1, -0.05) is 182 Å². The van der Waals surface area contributed by atoms with Crippen LogP contribution in [0.3, 0.4) is 0 Å². The quantitative estimate of drug-likeness (QED) is 0.182. The van der Waals surface area contributed by atoms with Crippen molar-refractivity contribution in [2.24, 2.45) is 0 Å². The van der Waals surface area contributed by atoms with Gasteiger partial charge < -0.3 is 0 Å². The first-order valence-electron chi connectivity index (χ1n) is 16.9. The second-order valence-corrected chi connectivity index (χ2v) is 12.4. The van der Waals surface area contributed by atoms with Crippen LogP contribution in [-0.2, 0) is 0 Å². The maximum atomic E-state index is 5.24. The van der Waals surface area contributed by atoms with E-state index in [1.807, 2.05) is 24.3 Å². The highest BCUT2D eigenvalue weighted by molar-refractivity contribution is 6.02. The van der Waals surface area contributed by atoms with Crippen LogP contribution in [-0.4, -0.2) is 15.0 Å². The van der Waals surface area contributed by atoms with Crippen LogP contribution in [0.2, 0.25) is 0 Å². The molecule has 50 heavy (non-hydrogen) atoms. The lowest BCUT2D eigenvalue weighted by atomic mass is 9.90. The molecule has 0 saturated heterocycles. The summed E-state index contributed by atoms with van der Waals surface area (Å²) < 4.78 is 0. The third-order valence-corrected chi connectivity index (χ3v) is 9.36. The first-order valence-corrected chi connectivity index (χ1v) is 16.9. The molecule has 0 N–H and O–H groups in total. The molecule has 1 heterocycles. The molecule has 0 unspecified atom stereocenters. The van der Waals surface area contributed by atoms with Crippen molar-refractivity contribution >= 4 is 21.5 Å². The van der Waals surface area contributed by atoms with Crippen molar-refractivity contribution in [2.45, 2.75) is 0 Å². The van der Waals surface area contributed by atoms with Crippen molar-refractivity contribution in [2.75, 3.05) is 0 Å². The molecule has 0 spiro atoms.